The minimum absolute atomic E-state index is 0.240. The third-order valence-electron chi connectivity index (χ3n) is 4.17. The summed E-state index contributed by atoms with van der Waals surface area (Å²) in [5.41, 5.74) is 0.519. The first kappa shape index (κ1) is 20.9. The van der Waals surface area contributed by atoms with E-state index >= 15 is 0 Å². The number of hydrogen-bond donors (Lipinski definition) is 2. The maximum atomic E-state index is 13.0. The number of halogens is 1. The highest BCUT2D eigenvalue weighted by Gasteiger charge is 2.31. The smallest absolute Gasteiger partial charge is 0.404 e. The molecule has 1 amide bonds. The molecule has 142 valence electrons. The van der Waals surface area contributed by atoms with Gasteiger partial charge in [0, 0.05) is 17.3 Å². The molecule has 2 rings (SSSR count). The van der Waals surface area contributed by atoms with Crippen molar-refractivity contribution >= 4 is 43.2 Å². The Labute approximate surface area is 166 Å². The molecule has 0 saturated carbocycles. The topological polar surface area (TPSA) is 83.5 Å². The number of amides is 1. The minimum Gasteiger partial charge on any atom is -0.465 e. The average Bonchev–Trinajstić information content (AvgIpc) is 2.83. The molecular weight excluding hydrogens is 438 g/mol. The van der Waals surface area contributed by atoms with Crippen LogP contribution < -0.4 is 5.32 Å². The Morgan fingerprint density at radius 1 is 1.27 bits per heavy atom. The predicted molar refractivity (Wildman–Crippen MR) is 107 cm³/mol. The Bertz CT molecular complexity index is 899. The van der Waals surface area contributed by atoms with E-state index in [0.717, 1.165) is 10.4 Å². The molecule has 0 bridgehead atoms. The molecule has 1 aromatic heterocycles. The Balaban J connectivity index is 2.45. The van der Waals surface area contributed by atoms with Crippen molar-refractivity contribution in [3.05, 3.63) is 45.2 Å². The lowest BCUT2D eigenvalue weighted by atomic mass is 9.84. The van der Waals surface area contributed by atoms with E-state index in [9.17, 15) is 13.2 Å². The highest BCUT2D eigenvalue weighted by molar-refractivity contribution is 9.10. The molecule has 1 aromatic carbocycles. The second-order valence-electron chi connectivity index (χ2n) is 7.14. The van der Waals surface area contributed by atoms with Crippen molar-refractivity contribution in [2.75, 3.05) is 0 Å². The zero-order valence-electron chi connectivity index (χ0n) is 15.0. The Kier molecular flexibility index (Phi) is 6.20. The van der Waals surface area contributed by atoms with Crippen LogP contribution in [0.15, 0.2) is 43.9 Å². The maximum Gasteiger partial charge on any atom is 0.404 e. The van der Waals surface area contributed by atoms with Gasteiger partial charge in [0.2, 0.25) is 9.84 Å². The van der Waals surface area contributed by atoms with Gasteiger partial charge in [-0.05, 0) is 46.0 Å². The third kappa shape index (κ3) is 4.47. The molecule has 26 heavy (non-hydrogen) atoms. The molecule has 1 atom stereocenters. The van der Waals surface area contributed by atoms with Gasteiger partial charge in [-0.2, -0.15) is 0 Å². The molecule has 0 spiro atoms. The van der Waals surface area contributed by atoms with E-state index in [-0.39, 0.29) is 20.6 Å². The summed E-state index contributed by atoms with van der Waals surface area (Å²) in [7, 11) is -3.63. The average molecular weight is 460 g/mol. The van der Waals surface area contributed by atoms with Gasteiger partial charge in [-0.25, -0.2) is 13.2 Å². The molecule has 2 N–H and O–H groups in total. The van der Waals surface area contributed by atoms with Gasteiger partial charge in [-0.1, -0.05) is 39.0 Å². The van der Waals surface area contributed by atoms with E-state index in [1.165, 1.54) is 11.3 Å². The summed E-state index contributed by atoms with van der Waals surface area (Å²) in [5, 5.41) is 11.7. The van der Waals surface area contributed by atoms with Crippen LogP contribution in [0.3, 0.4) is 0 Å². The van der Waals surface area contributed by atoms with Gasteiger partial charge < -0.3 is 10.4 Å². The van der Waals surface area contributed by atoms with Crippen molar-refractivity contribution in [2.24, 2.45) is 5.41 Å². The lowest BCUT2D eigenvalue weighted by Gasteiger charge is -2.30. The maximum absolute atomic E-state index is 13.0. The van der Waals surface area contributed by atoms with Gasteiger partial charge in [0.15, 0.2) is 0 Å². The van der Waals surface area contributed by atoms with Crippen LogP contribution in [0.25, 0.3) is 0 Å². The molecule has 1 heterocycles. The van der Waals surface area contributed by atoms with E-state index in [1.807, 2.05) is 27.7 Å². The molecule has 0 aliphatic heterocycles. The van der Waals surface area contributed by atoms with Crippen LogP contribution in [0.4, 0.5) is 4.79 Å². The van der Waals surface area contributed by atoms with Crippen LogP contribution in [0, 0.1) is 12.3 Å². The first-order chi connectivity index (χ1) is 11.9. The predicted octanol–water partition coefficient (Wildman–Crippen LogP) is 4.88. The summed E-state index contributed by atoms with van der Waals surface area (Å²) < 4.78 is 26.7. The summed E-state index contributed by atoms with van der Waals surface area (Å²) >= 11 is 4.61. The highest BCUT2D eigenvalue weighted by Crippen LogP contribution is 2.40. The fraction of sp³-hybridized carbons (Fsp3) is 0.389. The van der Waals surface area contributed by atoms with Crippen LogP contribution in [0.2, 0.25) is 0 Å². The fourth-order valence-corrected chi connectivity index (χ4v) is 6.86. The summed E-state index contributed by atoms with van der Waals surface area (Å²) in [6.45, 7) is 7.70. The zero-order chi connectivity index (χ0) is 19.7. The van der Waals surface area contributed by atoms with Crippen molar-refractivity contribution in [1.82, 2.24) is 5.32 Å². The van der Waals surface area contributed by atoms with E-state index < -0.39 is 15.9 Å². The first-order valence-electron chi connectivity index (χ1n) is 8.02. The lowest BCUT2D eigenvalue weighted by molar-refractivity contribution is 0.174. The number of carboxylic acid groups (broad SMARTS) is 1. The molecule has 0 radical (unpaired) electrons. The standard InChI is InChI=1S/C18H22BrNO4S2/c1-11-13(10-14(18(2,3)4)20-17(21)22)25-16(15(11)19)26(23,24)12-8-6-5-7-9-12/h5-9,14,20H,10H2,1-4H3,(H,21,22). The van der Waals surface area contributed by atoms with Crippen LogP contribution in [-0.2, 0) is 16.3 Å². The first-order valence-corrected chi connectivity index (χ1v) is 11.1. The molecule has 8 heteroatoms. The third-order valence-corrected chi connectivity index (χ3v) is 9.29. The number of sulfone groups is 1. The van der Waals surface area contributed by atoms with Crippen LogP contribution in [0.5, 0.6) is 0 Å². The van der Waals surface area contributed by atoms with Crippen LogP contribution in [-0.4, -0.2) is 25.7 Å². The number of hydrogen-bond acceptors (Lipinski definition) is 4. The van der Waals surface area contributed by atoms with E-state index in [1.54, 1.807) is 30.3 Å². The highest BCUT2D eigenvalue weighted by atomic mass is 79.9. The second kappa shape index (κ2) is 7.70. The molecule has 0 saturated heterocycles. The van der Waals surface area contributed by atoms with Gasteiger partial charge in [-0.15, -0.1) is 11.3 Å². The normalized spacial score (nSPS) is 13.4. The van der Waals surface area contributed by atoms with Crippen molar-refractivity contribution in [1.29, 1.82) is 0 Å². The number of benzene rings is 1. The fourth-order valence-electron chi connectivity index (χ4n) is 2.49. The van der Waals surface area contributed by atoms with E-state index in [4.69, 9.17) is 5.11 Å². The van der Waals surface area contributed by atoms with Gasteiger partial charge in [0.05, 0.1) is 9.37 Å². The van der Waals surface area contributed by atoms with E-state index in [0.29, 0.717) is 10.9 Å². The Hall–Kier alpha value is -1.38. The van der Waals surface area contributed by atoms with Crippen LogP contribution in [0.1, 0.15) is 31.2 Å². The number of rotatable bonds is 5. The molecule has 2 aromatic rings. The number of thiophene rings is 1. The number of carbonyl (C=O) groups is 1. The SMILES string of the molecule is Cc1c(CC(NC(=O)O)C(C)(C)C)sc(S(=O)(=O)c2ccccc2)c1Br. The van der Waals surface area contributed by atoms with Crippen molar-refractivity contribution in [2.45, 2.75) is 49.3 Å². The monoisotopic (exact) mass is 459 g/mol. The zero-order valence-corrected chi connectivity index (χ0v) is 18.3. The van der Waals surface area contributed by atoms with E-state index in [2.05, 4.69) is 21.2 Å². The summed E-state index contributed by atoms with van der Waals surface area (Å²) in [4.78, 5) is 12.2. The van der Waals surface area contributed by atoms with Crippen LogP contribution >= 0.6 is 27.3 Å². The van der Waals surface area contributed by atoms with Gasteiger partial charge in [0.1, 0.15) is 4.21 Å². The van der Waals surface area contributed by atoms with Crippen molar-refractivity contribution in [3.63, 3.8) is 0 Å². The molecule has 5 nitrogen and oxygen atoms in total. The molecule has 0 aliphatic rings. The second-order valence-corrected chi connectivity index (χ2v) is 11.2. The van der Waals surface area contributed by atoms with Gasteiger partial charge in [-0.3, -0.25) is 0 Å². The minimum atomic E-state index is -3.63. The molecule has 0 fully saturated rings. The summed E-state index contributed by atoms with van der Waals surface area (Å²) in [6.07, 6.45) is -0.662. The largest absolute Gasteiger partial charge is 0.465 e. The quantitative estimate of drug-likeness (QED) is 0.667. The van der Waals surface area contributed by atoms with Crippen molar-refractivity contribution < 1.29 is 18.3 Å². The molecule has 1 unspecified atom stereocenters. The van der Waals surface area contributed by atoms with Crippen molar-refractivity contribution in [3.8, 4) is 0 Å². The number of nitrogens with one attached hydrogen (secondary N) is 1. The summed E-state index contributed by atoms with van der Waals surface area (Å²) in [6, 6.07) is 7.95. The van der Waals surface area contributed by atoms with Gasteiger partial charge in [0.25, 0.3) is 0 Å². The molecule has 0 aliphatic carbocycles. The molecular formula is C18H22BrNO4S2. The van der Waals surface area contributed by atoms with Gasteiger partial charge >= 0.3 is 6.09 Å². The lowest BCUT2D eigenvalue weighted by Crippen LogP contribution is -2.44. The Morgan fingerprint density at radius 3 is 2.35 bits per heavy atom. The summed E-state index contributed by atoms with van der Waals surface area (Å²) in [5.74, 6) is 0. The Morgan fingerprint density at radius 2 is 1.85 bits per heavy atom.